The average Bonchev–Trinajstić information content (AvgIpc) is 2.99. The first-order valence-corrected chi connectivity index (χ1v) is 6.49. The van der Waals surface area contributed by atoms with Gasteiger partial charge >= 0.3 is 0 Å². The van der Waals surface area contributed by atoms with Crippen LogP contribution in [0.3, 0.4) is 0 Å². The number of nitrogens with two attached hydrogens (primary N) is 1. The van der Waals surface area contributed by atoms with E-state index in [9.17, 15) is 0 Å². The molecule has 2 rings (SSSR count). The summed E-state index contributed by atoms with van der Waals surface area (Å²) < 4.78 is 0. The summed E-state index contributed by atoms with van der Waals surface area (Å²) in [5, 5.41) is 3.52. The molecular formula is C15H24N2. The summed E-state index contributed by atoms with van der Waals surface area (Å²) in [5.74, 6) is 0. The zero-order valence-electron chi connectivity index (χ0n) is 11.5. The predicted octanol–water partition coefficient (Wildman–Crippen LogP) is 2.50. The van der Waals surface area contributed by atoms with Gasteiger partial charge in [-0.05, 0) is 68.4 Å². The van der Waals surface area contributed by atoms with Gasteiger partial charge in [-0.25, -0.2) is 0 Å². The molecule has 1 fully saturated rings. The molecule has 2 nitrogen and oxygen atoms in total. The third-order valence-electron chi connectivity index (χ3n) is 4.19. The van der Waals surface area contributed by atoms with E-state index >= 15 is 0 Å². The molecule has 0 saturated heterocycles. The van der Waals surface area contributed by atoms with Crippen molar-refractivity contribution in [1.29, 1.82) is 0 Å². The molecule has 1 aliphatic carbocycles. The Morgan fingerprint density at radius 3 is 2.12 bits per heavy atom. The molecule has 17 heavy (non-hydrogen) atoms. The van der Waals surface area contributed by atoms with Crippen LogP contribution in [0.1, 0.15) is 40.7 Å². The molecule has 2 heteroatoms. The van der Waals surface area contributed by atoms with Crippen molar-refractivity contribution < 1.29 is 0 Å². The summed E-state index contributed by atoms with van der Waals surface area (Å²) in [6.07, 6.45) is 2.34. The second-order valence-electron chi connectivity index (χ2n) is 5.70. The quantitative estimate of drug-likeness (QED) is 0.837. The van der Waals surface area contributed by atoms with Gasteiger partial charge in [-0.15, -0.1) is 0 Å². The van der Waals surface area contributed by atoms with E-state index in [1.165, 1.54) is 40.7 Å². The summed E-state index contributed by atoms with van der Waals surface area (Å²) in [5.41, 5.74) is 13.2. The fourth-order valence-corrected chi connectivity index (χ4v) is 2.34. The van der Waals surface area contributed by atoms with E-state index in [-0.39, 0.29) is 5.54 Å². The second kappa shape index (κ2) is 4.43. The van der Waals surface area contributed by atoms with Crippen molar-refractivity contribution >= 4 is 0 Å². The fraction of sp³-hybridized carbons (Fsp3) is 0.600. The molecule has 94 valence electrons. The highest BCUT2D eigenvalue weighted by Gasteiger charge is 2.37. The molecule has 0 heterocycles. The van der Waals surface area contributed by atoms with Crippen molar-refractivity contribution in [2.45, 2.75) is 52.6 Å². The SMILES string of the molecule is Cc1cc(C)c(C)c(CNCC2(N)CC2)c1C. The first kappa shape index (κ1) is 12.6. The van der Waals surface area contributed by atoms with Gasteiger partial charge in [0.05, 0.1) is 0 Å². The van der Waals surface area contributed by atoms with Crippen molar-refractivity contribution in [2.24, 2.45) is 5.73 Å². The highest BCUT2D eigenvalue weighted by atomic mass is 15.0. The number of nitrogens with one attached hydrogen (secondary N) is 1. The van der Waals surface area contributed by atoms with Crippen LogP contribution in [0.25, 0.3) is 0 Å². The number of aryl methyl sites for hydroxylation is 2. The van der Waals surface area contributed by atoms with E-state index in [1.807, 2.05) is 0 Å². The van der Waals surface area contributed by atoms with Crippen LogP contribution in [0.4, 0.5) is 0 Å². The monoisotopic (exact) mass is 232 g/mol. The van der Waals surface area contributed by atoms with E-state index < -0.39 is 0 Å². The Morgan fingerprint density at radius 1 is 1.12 bits per heavy atom. The van der Waals surface area contributed by atoms with Crippen LogP contribution in [-0.2, 0) is 6.54 Å². The minimum absolute atomic E-state index is 0.0979. The standard InChI is InChI=1S/C15H24N2/c1-10-7-11(2)13(4)14(12(10)3)8-17-9-15(16)5-6-15/h7,17H,5-6,8-9,16H2,1-4H3. The Hall–Kier alpha value is -0.860. The van der Waals surface area contributed by atoms with Gasteiger partial charge in [0.25, 0.3) is 0 Å². The lowest BCUT2D eigenvalue weighted by Crippen LogP contribution is -2.35. The fourth-order valence-electron chi connectivity index (χ4n) is 2.34. The molecule has 0 atom stereocenters. The molecule has 0 bridgehead atoms. The molecule has 0 aliphatic heterocycles. The Balaban J connectivity index is 2.08. The number of hydrogen-bond acceptors (Lipinski definition) is 2. The topological polar surface area (TPSA) is 38.0 Å². The zero-order chi connectivity index (χ0) is 12.6. The molecule has 1 aromatic rings. The third-order valence-corrected chi connectivity index (χ3v) is 4.19. The lowest BCUT2D eigenvalue weighted by molar-refractivity contribution is 0.567. The first-order chi connectivity index (χ1) is 7.93. The van der Waals surface area contributed by atoms with E-state index in [2.05, 4.69) is 39.1 Å². The van der Waals surface area contributed by atoms with Gasteiger partial charge < -0.3 is 11.1 Å². The van der Waals surface area contributed by atoms with Crippen LogP contribution in [0.15, 0.2) is 6.07 Å². The van der Waals surface area contributed by atoms with Gasteiger partial charge in [0.1, 0.15) is 0 Å². The molecule has 1 aliphatic rings. The molecule has 3 N–H and O–H groups in total. The second-order valence-corrected chi connectivity index (χ2v) is 5.70. The summed E-state index contributed by atoms with van der Waals surface area (Å²) >= 11 is 0. The summed E-state index contributed by atoms with van der Waals surface area (Å²) in [7, 11) is 0. The van der Waals surface area contributed by atoms with Gasteiger partial charge in [-0.2, -0.15) is 0 Å². The van der Waals surface area contributed by atoms with Crippen LogP contribution in [-0.4, -0.2) is 12.1 Å². The summed E-state index contributed by atoms with van der Waals surface area (Å²) in [4.78, 5) is 0. The van der Waals surface area contributed by atoms with Gasteiger partial charge in [-0.1, -0.05) is 6.07 Å². The van der Waals surface area contributed by atoms with E-state index in [1.54, 1.807) is 0 Å². The highest BCUT2D eigenvalue weighted by molar-refractivity contribution is 5.43. The maximum atomic E-state index is 6.08. The van der Waals surface area contributed by atoms with Crippen LogP contribution < -0.4 is 11.1 Å². The Labute approximate surface area is 105 Å². The highest BCUT2D eigenvalue weighted by Crippen LogP contribution is 2.31. The van der Waals surface area contributed by atoms with E-state index in [0.29, 0.717) is 0 Å². The number of rotatable bonds is 4. The van der Waals surface area contributed by atoms with Crippen molar-refractivity contribution in [3.63, 3.8) is 0 Å². The summed E-state index contributed by atoms with van der Waals surface area (Å²) in [6, 6.07) is 2.28. The summed E-state index contributed by atoms with van der Waals surface area (Å²) in [6.45, 7) is 10.7. The Morgan fingerprint density at radius 2 is 1.65 bits per heavy atom. The molecule has 0 aromatic heterocycles. The van der Waals surface area contributed by atoms with Gasteiger partial charge in [0.15, 0.2) is 0 Å². The van der Waals surface area contributed by atoms with Crippen molar-refractivity contribution in [2.75, 3.05) is 6.54 Å². The molecule has 0 amide bonds. The lowest BCUT2D eigenvalue weighted by Gasteiger charge is -2.17. The molecule has 1 saturated carbocycles. The van der Waals surface area contributed by atoms with Gasteiger partial charge in [0.2, 0.25) is 0 Å². The number of benzene rings is 1. The molecule has 0 radical (unpaired) electrons. The molecule has 1 aromatic carbocycles. The number of hydrogen-bond donors (Lipinski definition) is 2. The lowest BCUT2D eigenvalue weighted by atomic mass is 9.94. The van der Waals surface area contributed by atoms with Crippen LogP contribution in [0.5, 0.6) is 0 Å². The van der Waals surface area contributed by atoms with E-state index in [4.69, 9.17) is 5.73 Å². The minimum atomic E-state index is 0.0979. The maximum Gasteiger partial charge on any atom is 0.0282 e. The van der Waals surface area contributed by atoms with Crippen molar-refractivity contribution in [1.82, 2.24) is 5.32 Å². The smallest absolute Gasteiger partial charge is 0.0282 e. The van der Waals surface area contributed by atoms with Crippen molar-refractivity contribution in [3.05, 3.63) is 33.9 Å². The van der Waals surface area contributed by atoms with Gasteiger partial charge in [0, 0.05) is 18.6 Å². The van der Waals surface area contributed by atoms with Crippen LogP contribution in [0, 0.1) is 27.7 Å². The Bertz CT molecular complexity index is 405. The Kier molecular flexibility index (Phi) is 3.28. The van der Waals surface area contributed by atoms with Gasteiger partial charge in [-0.3, -0.25) is 0 Å². The predicted molar refractivity (Wildman–Crippen MR) is 73.2 cm³/mol. The third kappa shape index (κ3) is 2.70. The largest absolute Gasteiger partial charge is 0.324 e. The van der Waals surface area contributed by atoms with Crippen LogP contribution >= 0.6 is 0 Å². The van der Waals surface area contributed by atoms with Crippen LogP contribution in [0.2, 0.25) is 0 Å². The minimum Gasteiger partial charge on any atom is -0.324 e. The van der Waals surface area contributed by atoms with Crippen molar-refractivity contribution in [3.8, 4) is 0 Å². The molecule has 0 unspecified atom stereocenters. The normalized spacial score (nSPS) is 17.2. The molecule has 0 spiro atoms. The zero-order valence-corrected chi connectivity index (χ0v) is 11.5. The maximum absolute atomic E-state index is 6.08. The molecular weight excluding hydrogens is 208 g/mol. The first-order valence-electron chi connectivity index (χ1n) is 6.49. The average molecular weight is 232 g/mol. The van der Waals surface area contributed by atoms with E-state index in [0.717, 1.165) is 13.1 Å².